The molecule has 89 heavy (non-hydrogen) atoms. The van der Waals surface area contributed by atoms with Crippen LogP contribution < -0.4 is 0 Å². The summed E-state index contributed by atoms with van der Waals surface area (Å²) >= 11 is 21.7. The molecule has 4 heterocycles. The Morgan fingerprint density at radius 3 is 1.46 bits per heavy atom. The van der Waals surface area contributed by atoms with E-state index in [4.69, 9.17) is 45.8 Å². The van der Waals surface area contributed by atoms with Crippen molar-refractivity contribution in [2.24, 2.45) is 0 Å². The molecule has 1 saturated heterocycles. The van der Waals surface area contributed by atoms with Gasteiger partial charge in [-0.2, -0.15) is 59.2 Å². The predicted molar refractivity (Wildman–Crippen MR) is 331 cm³/mol. The molecule has 0 bridgehead atoms. The number of nitrogens with zero attached hydrogens (tertiary/aromatic N) is 8. The van der Waals surface area contributed by atoms with Crippen LogP contribution in [0.2, 0.25) is 5.15 Å². The molecule has 0 saturated carbocycles. The molecular formula is C61H46BrCl4F9N8O4S2. The predicted octanol–water partition coefficient (Wildman–Crippen LogP) is 19.2. The van der Waals surface area contributed by atoms with Crippen LogP contribution in [-0.4, -0.2) is 65.3 Å². The van der Waals surface area contributed by atoms with Gasteiger partial charge < -0.3 is 0 Å². The molecule has 3 amide bonds. The van der Waals surface area contributed by atoms with E-state index in [0.29, 0.717) is 59.5 Å². The maximum absolute atomic E-state index is 13.0. The summed E-state index contributed by atoms with van der Waals surface area (Å²) in [5.41, 5.74) is 2.74. The van der Waals surface area contributed by atoms with E-state index in [2.05, 4.69) is 58.7 Å². The van der Waals surface area contributed by atoms with Crippen LogP contribution in [0.1, 0.15) is 58.4 Å². The smallest absolute Gasteiger partial charge is 0.270 e. The van der Waals surface area contributed by atoms with Crippen LogP contribution in [0.25, 0.3) is 54.8 Å². The van der Waals surface area contributed by atoms with Gasteiger partial charge in [0.05, 0.1) is 40.2 Å². The van der Waals surface area contributed by atoms with Crippen molar-refractivity contribution in [2.45, 2.75) is 81.2 Å². The second kappa shape index (κ2) is 28.3. The average molecular weight is 1410 g/mol. The molecular weight excluding hydrogens is 1370 g/mol. The summed E-state index contributed by atoms with van der Waals surface area (Å²) in [6, 6.07) is 36.3. The number of rotatable bonds is 6. The highest BCUT2D eigenvalue weighted by atomic mass is 79.9. The lowest BCUT2D eigenvalue weighted by atomic mass is 9.99. The molecule has 0 aliphatic carbocycles. The van der Waals surface area contributed by atoms with Crippen molar-refractivity contribution >= 4 is 127 Å². The molecule has 464 valence electrons. The molecule has 0 N–H and O–H groups in total. The third kappa shape index (κ3) is 17.4. The molecule has 1 aliphatic heterocycles. The Morgan fingerprint density at radius 2 is 1.01 bits per heavy atom. The SMILES string of the molecule is CC1(C)C(=O)N(Cl)C(=O)N1Cl.Cc1cc(C(F)(F)F)ccc1-c1nncc2cc(S(=O)(=O)Cl)ccc12.Cc1cc(C(F)(F)F)ccc1-c1nncc2cc(SCc3ccccc3)ccc12.Cc1ccc(C(F)(F)F)cc1C.Clc1nncc2cc(Br)ccc12. The molecule has 28 heteroatoms. The van der Waals surface area contributed by atoms with Crippen molar-refractivity contribution < 1.29 is 57.5 Å². The van der Waals surface area contributed by atoms with Gasteiger partial charge in [-0.3, -0.25) is 4.79 Å². The third-order valence-electron chi connectivity index (χ3n) is 13.4. The number of urea groups is 1. The number of hydrogen-bond donors (Lipinski definition) is 0. The summed E-state index contributed by atoms with van der Waals surface area (Å²) in [5, 5.41) is 28.8. The number of alkyl halides is 9. The first-order valence-corrected chi connectivity index (χ1v) is 30.9. The van der Waals surface area contributed by atoms with E-state index in [1.807, 2.05) is 54.6 Å². The number of halogens is 14. The van der Waals surface area contributed by atoms with Crippen LogP contribution in [0.5, 0.6) is 0 Å². The highest BCUT2D eigenvalue weighted by molar-refractivity contribution is 9.10. The minimum absolute atomic E-state index is 0.0928. The monoisotopic (exact) mass is 1410 g/mol. The standard InChI is InChI=1S/C23H17F3N2S.C16H10ClF3N2O2S.C9H9F3.C8H4BrClN2.C5H6Cl2N2O2/c1-15-11-18(23(24,25)26)7-9-20(15)22-21-10-8-19(12-17(21)13-27-28-22)29-14-16-5-3-2-4-6-16;1-9-6-11(16(18,19)20)2-4-13(9)15-14-5-3-12(25(17,23)24)7-10(14)8-21-22-15;1-6-3-4-8(5-7(6)2)9(10,11)12;9-6-1-2-7-5(3-6)4-11-12-8(7)10;1-5(2)3(10)8(6)4(11)9(5)7/h2-13H,14H2,1H3;2-8H,1H3;3-5H,1-2H3;1-4H;1-2H3. The fourth-order valence-electron chi connectivity index (χ4n) is 8.39. The molecule has 1 fully saturated rings. The summed E-state index contributed by atoms with van der Waals surface area (Å²) in [4.78, 5) is 23.0. The van der Waals surface area contributed by atoms with E-state index >= 15 is 0 Å². The number of amides is 3. The van der Waals surface area contributed by atoms with E-state index < -0.39 is 61.7 Å². The summed E-state index contributed by atoms with van der Waals surface area (Å²) < 4.78 is 139. The maximum Gasteiger partial charge on any atom is 0.416 e. The number of benzene rings is 7. The maximum atomic E-state index is 13.0. The van der Waals surface area contributed by atoms with E-state index in [1.54, 1.807) is 51.9 Å². The molecule has 0 spiro atoms. The Hall–Kier alpha value is -7.19. The molecule has 0 radical (unpaired) electrons. The number of carbonyl (C=O) groups is 2. The summed E-state index contributed by atoms with van der Waals surface area (Å²) in [7, 11) is 1.43. The van der Waals surface area contributed by atoms with Gasteiger partial charge in [-0.1, -0.05) is 94.3 Å². The Bertz CT molecular complexity index is 4380. The quantitative estimate of drug-likeness (QED) is 0.0514. The molecule has 1 aliphatic rings. The van der Waals surface area contributed by atoms with Crippen LogP contribution in [0.3, 0.4) is 0 Å². The minimum Gasteiger partial charge on any atom is -0.270 e. The first-order chi connectivity index (χ1) is 41.6. The second-order valence-electron chi connectivity index (χ2n) is 20.0. The highest BCUT2D eigenvalue weighted by Crippen LogP contribution is 2.38. The lowest BCUT2D eigenvalue weighted by Crippen LogP contribution is -2.38. The van der Waals surface area contributed by atoms with Gasteiger partial charge in [0.1, 0.15) is 16.9 Å². The summed E-state index contributed by atoms with van der Waals surface area (Å²) in [6.07, 6.45) is -8.28. The number of aryl methyl sites for hydroxylation is 4. The van der Waals surface area contributed by atoms with E-state index in [-0.39, 0.29) is 4.90 Å². The van der Waals surface area contributed by atoms with Crippen LogP contribution >= 0.6 is 73.5 Å². The van der Waals surface area contributed by atoms with Crippen molar-refractivity contribution in [3.63, 3.8) is 0 Å². The fourth-order valence-corrected chi connectivity index (χ4v) is 11.1. The van der Waals surface area contributed by atoms with E-state index in [1.165, 1.54) is 62.0 Å². The number of fused-ring (bicyclic) bond motifs is 3. The van der Waals surface area contributed by atoms with Gasteiger partial charge in [-0.05, 0) is 142 Å². The number of carbonyl (C=O) groups excluding carboxylic acids is 2. The zero-order valence-corrected chi connectivity index (χ0v) is 53.3. The third-order valence-corrected chi connectivity index (χ3v) is 17.4. The van der Waals surface area contributed by atoms with Crippen LogP contribution in [0.4, 0.5) is 44.3 Å². The number of thioether (sulfide) groups is 1. The van der Waals surface area contributed by atoms with Gasteiger partial charge in [-0.25, -0.2) is 17.6 Å². The zero-order chi connectivity index (χ0) is 65.6. The summed E-state index contributed by atoms with van der Waals surface area (Å²) in [6.45, 7) is 9.70. The van der Waals surface area contributed by atoms with Gasteiger partial charge in [-0.15, -0.1) is 27.1 Å². The molecule has 7 aromatic carbocycles. The second-order valence-corrected chi connectivity index (χ2v) is 25.6. The van der Waals surface area contributed by atoms with Crippen molar-refractivity contribution in [2.75, 3.05) is 0 Å². The minimum atomic E-state index is -4.43. The Kier molecular flexibility index (Phi) is 22.0. The lowest BCUT2D eigenvalue weighted by molar-refractivity contribution is -0.138. The Labute approximate surface area is 536 Å². The lowest BCUT2D eigenvalue weighted by Gasteiger charge is -2.18. The van der Waals surface area contributed by atoms with E-state index in [9.17, 15) is 57.5 Å². The van der Waals surface area contributed by atoms with Gasteiger partial charge >= 0.3 is 24.6 Å². The van der Waals surface area contributed by atoms with Crippen LogP contribution in [0, 0.1) is 27.7 Å². The first kappa shape index (κ1) is 69.3. The van der Waals surface area contributed by atoms with Gasteiger partial charge in [0.25, 0.3) is 15.0 Å². The highest BCUT2D eigenvalue weighted by Gasteiger charge is 2.51. The van der Waals surface area contributed by atoms with Crippen LogP contribution in [-0.2, 0) is 38.1 Å². The normalized spacial score (nSPS) is 13.2. The zero-order valence-electron chi connectivity index (χ0n) is 47.0. The first-order valence-electron chi connectivity index (χ1n) is 25.8. The Balaban J connectivity index is 0.000000169. The number of imide groups is 1. The fraction of sp³-hybridized carbons (Fsp3) is 0.180. The Morgan fingerprint density at radius 1 is 0.551 bits per heavy atom. The van der Waals surface area contributed by atoms with Gasteiger partial charge in [0.2, 0.25) is 0 Å². The number of aromatic nitrogens is 6. The molecule has 0 unspecified atom stereocenters. The molecule has 12 nitrogen and oxygen atoms in total. The van der Waals surface area contributed by atoms with Gasteiger partial charge in [0.15, 0.2) is 5.15 Å². The van der Waals surface area contributed by atoms with Crippen molar-refractivity contribution in [3.05, 3.63) is 212 Å². The van der Waals surface area contributed by atoms with Crippen LogP contribution in [0.15, 0.2) is 172 Å². The van der Waals surface area contributed by atoms with Crippen molar-refractivity contribution in [1.29, 1.82) is 0 Å². The van der Waals surface area contributed by atoms with Gasteiger partial charge in [0, 0.05) is 92.8 Å². The number of hydrogen-bond acceptors (Lipinski definition) is 11. The molecule has 0 atom stereocenters. The topological polar surface area (TPSA) is 152 Å². The largest absolute Gasteiger partial charge is 0.416 e. The molecule has 3 aromatic heterocycles. The van der Waals surface area contributed by atoms with E-state index in [0.717, 1.165) is 83.0 Å². The molecule has 11 rings (SSSR count). The molecule has 10 aromatic rings. The van der Waals surface area contributed by atoms with Crippen molar-refractivity contribution in [1.82, 2.24) is 39.4 Å². The van der Waals surface area contributed by atoms with Crippen molar-refractivity contribution in [3.8, 4) is 22.5 Å². The summed E-state index contributed by atoms with van der Waals surface area (Å²) in [5.74, 6) is 0.342. The average Bonchev–Trinajstić information content (AvgIpc) is 2.28.